The molecular weight excluding hydrogens is 260 g/mol. The van der Waals surface area contributed by atoms with E-state index in [1.807, 2.05) is 17.0 Å². The zero-order valence-electron chi connectivity index (χ0n) is 11.7. The highest BCUT2D eigenvalue weighted by atomic mass is 35.5. The van der Waals surface area contributed by atoms with Gasteiger partial charge in [-0.15, -0.1) is 0 Å². The molecule has 1 aliphatic rings. The van der Waals surface area contributed by atoms with E-state index in [0.717, 1.165) is 13.1 Å². The van der Waals surface area contributed by atoms with Crippen LogP contribution in [-0.4, -0.2) is 36.0 Å². The number of nitrogens with one attached hydrogen (secondary N) is 1. The number of amides is 1. The Morgan fingerprint density at radius 2 is 2.11 bits per heavy atom. The van der Waals surface area contributed by atoms with E-state index in [-0.39, 0.29) is 11.9 Å². The first-order valence-corrected chi connectivity index (χ1v) is 7.17. The lowest BCUT2D eigenvalue weighted by molar-refractivity contribution is 0.0522. The van der Waals surface area contributed by atoms with Crippen molar-refractivity contribution in [1.82, 2.24) is 10.2 Å². The van der Waals surface area contributed by atoms with E-state index in [1.165, 1.54) is 0 Å². The standard InChI is InChI=1S/C15H21ClN2O/c1-10(2)14-8-17-11(3)9-18(14)15(19)12-6-4-5-7-13(12)16/h4-7,10-11,14,17H,8-9H2,1-3H3. The van der Waals surface area contributed by atoms with Crippen LogP contribution in [0.1, 0.15) is 31.1 Å². The van der Waals surface area contributed by atoms with Gasteiger partial charge < -0.3 is 10.2 Å². The Bertz CT molecular complexity index is 461. The summed E-state index contributed by atoms with van der Waals surface area (Å²) in [6.45, 7) is 7.97. The minimum atomic E-state index is 0.0395. The molecule has 0 saturated carbocycles. The van der Waals surface area contributed by atoms with Crippen LogP contribution in [0.3, 0.4) is 0 Å². The van der Waals surface area contributed by atoms with E-state index in [9.17, 15) is 4.79 Å². The average Bonchev–Trinajstić information content (AvgIpc) is 2.38. The number of nitrogens with zero attached hydrogens (tertiary/aromatic N) is 1. The molecule has 1 aromatic rings. The van der Waals surface area contributed by atoms with Gasteiger partial charge in [0.05, 0.1) is 10.6 Å². The molecule has 1 N–H and O–H groups in total. The zero-order chi connectivity index (χ0) is 14.0. The quantitative estimate of drug-likeness (QED) is 0.903. The number of hydrogen-bond donors (Lipinski definition) is 1. The second-order valence-electron chi connectivity index (χ2n) is 5.56. The number of halogens is 1. The Balaban J connectivity index is 2.27. The summed E-state index contributed by atoms with van der Waals surface area (Å²) < 4.78 is 0. The summed E-state index contributed by atoms with van der Waals surface area (Å²) in [7, 11) is 0. The fourth-order valence-corrected chi connectivity index (χ4v) is 2.76. The van der Waals surface area contributed by atoms with Crippen molar-refractivity contribution in [3.63, 3.8) is 0 Å². The molecule has 1 fully saturated rings. The van der Waals surface area contributed by atoms with Crippen LogP contribution in [0.15, 0.2) is 24.3 Å². The van der Waals surface area contributed by atoms with Crippen LogP contribution in [0, 0.1) is 5.92 Å². The highest BCUT2D eigenvalue weighted by Gasteiger charge is 2.32. The van der Waals surface area contributed by atoms with E-state index < -0.39 is 0 Å². The fourth-order valence-electron chi connectivity index (χ4n) is 2.55. The number of carbonyl (C=O) groups is 1. The lowest BCUT2D eigenvalue weighted by Gasteiger charge is -2.41. The lowest BCUT2D eigenvalue weighted by Crippen LogP contribution is -2.59. The molecule has 0 aliphatic carbocycles. The third-order valence-electron chi connectivity index (χ3n) is 3.68. The van der Waals surface area contributed by atoms with Crippen LogP contribution in [0.25, 0.3) is 0 Å². The molecule has 2 unspecified atom stereocenters. The number of hydrogen-bond acceptors (Lipinski definition) is 2. The van der Waals surface area contributed by atoms with Crippen molar-refractivity contribution in [3.8, 4) is 0 Å². The molecule has 0 bridgehead atoms. The summed E-state index contributed by atoms with van der Waals surface area (Å²) in [6, 6.07) is 7.81. The smallest absolute Gasteiger partial charge is 0.255 e. The van der Waals surface area contributed by atoms with Crippen LogP contribution in [0.5, 0.6) is 0 Å². The molecule has 0 radical (unpaired) electrons. The molecule has 19 heavy (non-hydrogen) atoms. The number of carbonyl (C=O) groups excluding carboxylic acids is 1. The molecule has 3 nitrogen and oxygen atoms in total. The van der Waals surface area contributed by atoms with Gasteiger partial charge in [0.15, 0.2) is 0 Å². The van der Waals surface area contributed by atoms with Crippen LogP contribution >= 0.6 is 11.6 Å². The monoisotopic (exact) mass is 280 g/mol. The molecule has 1 amide bonds. The summed E-state index contributed by atoms with van der Waals surface area (Å²) in [5.41, 5.74) is 0.601. The molecule has 4 heteroatoms. The Morgan fingerprint density at radius 3 is 2.74 bits per heavy atom. The minimum Gasteiger partial charge on any atom is -0.333 e. The van der Waals surface area contributed by atoms with Gasteiger partial charge in [-0.3, -0.25) is 4.79 Å². The normalized spacial score (nSPS) is 23.7. The maximum Gasteiger partial charge on any atom is 0.255 e. The van der Waals surface area contributed by atoms with Gasteiger partial charge in [0, 0.05) is 25.2 Å². The van der Waals surface area contributed by atoms with E-state index >= 15 is 0 Å². The summed E-state index contributed by atoms with van der Waals surface area (Å²) in [6.07, 6.45) is 0. The highest BCUT2D eigenvalue weighted by molar-refractivity contribution is 6.33. The lowest BCUT2D eigenvalue weighted by atomic mass is 9.97. The minimum absolute atomic E-state index is 0.0395. The average molecular weight is 281 g/mol. The second kappa shape index (κ2) is 5.93. The number of benzene rings is 1. The molecule has 1 aromatic carbocycles. The third-order valence-corrected chi connectivity index (χ3v) is 4.01. The zero-order valence-corrected chi connectivity index (χ0v) is 12.4. The molecule has 2 rings (SSSR count). The Morgan fingerprint density at radius 1 is 1.42 bits per heavy atom. The second-order valence-corrected chi connectivity index (χ2v) is 5.97. The summed E-state index contributed by atoms with van der Waals surface area (Å²) in [5.74, 6) is 0.462. The van der Waals surface area contributed by atoms with Crippen molar-refractivity contribution in [2.75, 3.05) is 13.1 Å². The fraction of sp³-hybridized carbons (Fsp3) is 0.533. The van der Waals surface area contributed by atoms with Crippen molar-refractivity contribution in [1.29, 1.82) is 0 Å². The van der Waals surface area contributed by atoms with Crippen LogP contribution in [0.4, 0.5) is 0 Å². The van der Waals surface area contributed by atoms with Crippen molar-refractivity contribution in [2.24, 2.45) is 5.92 Å². The molecule has 1 heterocycles. The van der Waals surface area contributed by atoms with Crippen molar-refractivity contribution >= 4 is 17.5 Å². The van der Waals surface area contributed by atoms with Crippen LogP contribution in [0.2, 0.25) is 5.02 Å². The van der Waals surface area contributed by atoms with Gasteiger partial charge in [-0.25, -0.2) is 0 Å². The van der Waals surface area contributed by atoms with Gasteiger partial charge in [0.25, 0.3) is 5.91 Å². The largest absolute Gasteiger partial charge is 0.333 e. The molecule has 0 spiro atoms. The van der Waals surface area contributed by atoms with E-state index in [4.69, 9.17) is 11.6 Å². The maximum atomic E-state index is 12.7. The van der Waals surface area contributed by atoms with Gasteiger partial charge in [0.2, 0.25) is 0 Å². The molecule has 104 valence electrons. The highest BCUT2D eigenvalue weighted by Crippen LogP contribution is 2.22. The first kappa shape index (κ1) is 14.4. The van der Waals surface area contributed by atoms with Gasteiger partial charge in [0.1, 0.15) is 0 Å². The Hall–Kier alpha value is -1.06. The third kappa shape index (κ3) is 3.10. The number of piperazine rings is 1. The molecule has 1 aliphatic heterocycles. The van der Waals surface area contributed by atoms with E-state index in [1.54, 1.807) is 12.1 Å². The predicted molar refractivity (Wildman–Crippen MR) is 78.6 cm³/mol. The number of rotatable bonds is 2. The first-order valence-electron chi connectivity index (χ1n) is 6.79. The summed E-state index contributed by atoms with van der Waals surface area (Å²) >= 11 is 6.14. The van der Waals surface area contributed by atoms with Gasteiger partial charge in [-0.2, -0.15) is 0 Å². The van der Waals surface area contributed by atoms with Gasteiger partial charge >= 0.3 is 0 Å². The van der Waals surface area contributed by atoms with Crippen molar-refractivity contribution < 1.29 is 4.79 Å². The van der Waals surface area contributed by atoms with Gasteiger partial charge in [-0.1, -0.05) is 37.6 Å². The van der Waals surface area contributed by atoms with E-state index in [0.29, 0.717) is 22.5 Å². The Kier molecular flexibility index (Phi) is 4.48. The van der Waals surface area contributed by atoms with Crippen LogP contribution in [-0.2, 0) is 0 Å². The maximum absolute atomic E-state index is 12.7. The predicted octanol–water partition coefficient (Wildman–Crippen LogP) is 2.80. The molecule has 0 aromatic heterocycles. The molecular formula is C15H21ClN2O. The summed E-state index contributed by atoms with van der Waals surface area (Å²) in [4.78, 5) is 14.7. The van der Waals surface area contributed by atoms with Gasteiger partial charge in [-0.05, 0) is 25.0 Å². The van der Waals surface area contributed by atoms with E-state index in [2.05, 4.69) is 26.1 Å². The summed E-state index contributed by atoms with van der Waals surface area (Å²) in [5, 5.41) is 3.97. The first-order chi connectivity index (χ1) is 9.00. The molecule has 1 saturated heterocycles. The van der Waals surface area contributed by atoms with Crippen molar-refractivity contribution in [3.05, 3.63) is 34.9 Å². The van der Waals surface area contributed by atoms with Crippen LogP contribution < -0.4 is 5.32 Å². The molecule has 2 atom stereocenters. The Labute approximate surface area is 119 Å². The topological polar surface area (TPSA) is 32.3 Å². The SMILES string of the molecule is CC1CN(C(=O)c2ccccc2Cl)C(C(C)C)CN1. The van der Waals surface area contributed by atoms with Crippen molar-refractivity contribution in [2.45, 2.75) is 32.9 Å².